The lowest BCUT2D eigenvalue weighted by Crippen LogP contribution is -2.26. The molecule has 1 saturated heterocycles. The van der Waals surface area contributed by atoms with E-state index < -0.39 is 0 Å². The molecule has 0 saturated carbocycles. The monoisotopic (exact) mass is 340 g/mol. The molecule has 1 N–H and O–H groups in total. The van der Waals surface area contributed by atoms with Crippen molar-refractivity contribution in [3.05, 3.63) is 24.7 Å². The Morgan fingerprint density at radius 3 is 2.84 bits per heavy atom. The van der Waals surface area contributed by atoms with Crippen LogP contribution in [0.2, 0.25) is 0 Å². The normalized spacial score (nSPS) is 18.5. The van der Waals surface area contributed by atoms with Crippen molar-refractivity contribution in [2.75, 3.05) is 6.54 Å². The number of amides is 1. The van der Waals surface area contributed by atoms with Gasteiger partial charge in [-0.1, -0.05) is 0 Å². The van der Waals surface area contributed by atoms with Crippen molar-refractivity contribution in [1.82, 2.24) is 29.9 Å². The highest BCUT2D eigenvalue weighted by atomic mass is 16.5. The number of ether oxygens (including phenoxy) is 1. The number of fused-ring (bicyclic) bond motifs is 1. The van der Waals surface area contributed by atoms with Gasteiger partial charge < -0.3 is 10.1 Å². The molecule has 3 aromatic rings. The second-order valence-corrected chi connectivity index (χ2v) is 6.54. The predicted octanol–water partition coefficient (Wildman–Crippen LogP) is 1.27. The fourth-order valence-electron chi connectivity index (χ4n) is 3.13. The lowest BCUT2D eigenvalue weighted by atomic mass is 10.0. The van der Waals surface area contributed by atoms with Crippen LogP contribution in [0, 0.1) is 5.92 Å². The third-order valence-electron chi connectivity index (χ3n) is 4.55. The van der Waals surface area contributed by atoms with Gasteiger partial charge in [0.05, 0.1) is 22.8 Å². The van der Waals surface area contributed by atoms with E-state index in [0.717, 1.165) is 22.2 Å². The van der Waals surface area contributed by atoms with Gasteiger partial charge >= 0.3 is 0 Å². The highest BCUT2D eigenvalue weighted by molar-refractivity contribution is 5.86. The zero-order valence-electron chi connectivity index (χ0n) is 14.4. The average molecular weight is 340 g/mol. The Kier molecular flexibility index (Phi) is 3.67. The largest absolute Gasteiger partial charge is 0.474 e. The first-order valence-corrected chi connectivity index (χ1v) is 8.26. The number of aromatic nitrogens is 5. The molecular formula is C17H20N6O2. The molecular weight excluding hydrogens is 320 g/mol. The molecule has 0 aliphatic carbocycles. The first-order valence-electron chi connectivity index (χ1n) is 8.26. The van der Waals surface area contributed by atoms with Crippen LogP contribution in [-0.2, 0) is 18.9 Å². The van der Waals surface area contributed by atoms with E-state index in [1.54, 1.807) is 15.6 Å². The van der Waals surface area contributed by atoms with Gasteiger partial charge in [0.25, 0.3) is 0 Å². The first-order chi connectivity index (χ1) is 12.0. The summed E-state index contributed by atoms with van der Waals surface area (Å²) >= 11 is 0. The topological polar surface area (TPSA) is 86.9 Å². The maximum atomic E-state index is 11.5. The smallest absolute Gasteiger partial charge is 0.225 e. The highest BCUT2D eigenvalue weighted by Crippen LogP contribution is 2.30. The van der Waals surface area contributed by atoms with Gasteiger partial charge in [-0.15, -0.1) is 0 Å². The second kappa shape index (κ2) is 5.87. The fourth-order valence-corrected chi connectivity index (χ4v) is 3.13. The molecule has 130 valence electrons. The quantitative estimate of drug-likeness (QED) is 0.773. The Hall–Kier alpha value is -2.90. The minimum absolute atomic E-state index is 0.0732. The van der Waals surface area contributed by atoms with Crippen molar-refractivity contribution in [3.8, 4) is 17.1 Å². The van der Waals surface area contributed by atoms with E-state index >= 15 is 0 Å². The maximum Gasteiger partial charge on any atom is 0.225 e. The lowest BCUT2D eigenvalue weighted by molar-refractivity contribution is -0.119. The Morgan fingerprint density at radius 2 is 2.16 bits per heavy atom. The Balaban J connectivity index is 1.72. The minimum Gasteiger partial charge on any atom is -0.474 e. The SMILES string of the molecule is C[C@@H](Oc1nc(-c2cnn(C)c2)cc2nn(C)cc12)[C@H]1CNC(=O)C1. The molecule has 8 nitrogen and oxygen atoms in total. The molecule has 1 aliphatic heterocycles. The van der Waals surface area contributed by atoms with Gasteiger partial charge in [-0.05, 0) is 13.0 Å². The molecule has 4 heterocycles. The van der Waals surface area contributed by atoms with Gasteiger partial charge in [0, 0.05) is 50.9 Å². The molecule has 0 spiro atoms. The second-order valence-electron chi connectivity index (χ2n) is 6.54. The molecule has 1 fully saturated rings. The van der Waals surface area contributed by atoms with E-state index in [9.17, 15) is 4.79 Å². The molecule has 1 amide bonds. The van der Waals surface area contributed by atoms with Gasteiger partial charge in [-0.3, -0.25) is 14.2 Å². The van der Waals surface area contributed by atoms with Gasteiger partial charge in [-0.25, -0.2) is 4.98 Å². The van der Waals surface area contributed by atoms with E-state index in [4.69, 9.17) is 9.72 Å². The van der Waals surface area contributed by atoms with Crippen molar-refractivity contribution in [2.45, 2.75) is 19.4 Å². The van der Waals surface area contributed by atoms with Gasteiger partial charge in [0.1, 0.15) is 6.10 Å². The summed E-state index contributed by atoms with van der Waals surface area (Å²) in [6.45, 7) is 2.62. The number of nitrogens with zero attached hydrogens (tertiary/aromatic N) is 5. The van der Waals surface area contributed by atoms with E-state index in [0.29, 0.717) is 18.8 Å². The zero-order chi connectivity index (χ0) is 17.6. The average Bonchev–Trinajstić information content (AvgIpc) is 3.26. The molecule has 1 aliphatic rings. The van der Waals surface area contributed by atoms with Crippen molar-refractivity contribution < 1.29 is 9.53 Å². The van der Waals surface area contributed by atoms with Crippen molar-refractivity contribution >= 4 is 16.8 Å². The van der Waals surface area contributed by atoms with E-state index in [-0.39, 0.29) is 17.9 Å². The summed E-state index contributed by atoms with van der Waals surface area (Å²) in [4.78, 5) is 16.2. The molecule has 8 heteroatoms. The highest BCUT2D eigenvalue weighted by Gasteiger charge is 2.29. The van der Waals surface area contributed by atoms with Crippen LogP contribution in [0.4, 0.5) is 0 Å². The summed E-state index contributed by atoms with van der Waals surface area (Å²) in [6, 6.07) is 1.94. The van der Waals surface area contributed by atoms with E-state index in [2.05, 4.69) is 15.5 Å². The third kappa shape index (κ3) is 2.95. The van der Waals surface area contributed by atoms with Crippen LogP contribution >= 0.6 is 0 Å². The third-order valence-corrected chi connectivity index (χ3v) is 4.55. The number of carbonyl (C=O) groups excluding carboxylic acids is 1. The van der Waals surface area contributed by atoms with Crippen LogP contribution in [0.3, 0.4) is 0 Å². The maximum absolute atomic E-state index is 11.5. The Morgan fingerprint density at radius 1 is 1.32 bits per heavy atom. The van der Waals surface area contributed by atoms with Gasteiger partial charge in [-0.2, -0.15) is 10.2 Å². The minimum atomic E-state index is -0.126. The van der Waals surface area contributed by atoms with Crippen LogP contribution in [0.25, 0.3) is 22.2 Å². The number of hydrogen-bond acceptors (Lipinski definition) is 5. The zero-order valence-corrected chi connectivity index (χ0v) is 14.4. The summed E-state index contributed by atoms with van der Waals surface area (Å²) in [6.07, 6.45) is 5.93. The Labute approximate surface area is 144 Å². The standard InChI is InChI=1S/C17H20N6O2/c1-10(11-4-16(24)18-6-11)25-17-13-9-23(3)21-15(13)5-14(20-17)12-7-19-22(2)8-12/h5,7-11H,4,6H2,1-3H3,(H,18,24)/t10-,11-/m1/s1. The number of hydrogen-bond donors (Lipinski definition) is 1. The molecule has 3 aromatic heterocycles. The molecule has 0 radical (unpaired) electrons. The van der Waals surface area contributed by atoms with Crippen LogP contribution in [0.5, 0.6) is 5.88 Å². The fraction of sp³-hybridized carbons (Fsp3) is 0.412. The van der Waals surface area contributed by atoms with Crippen molar-refractivity contribution in [3.63, 3.8) is 0 Å². The van der Waals surface area contributed by atoms with Crippen LogP contribution in [0.1, 0.15) is 13.3 Å². The number of pyridine rings is 1. The number of rotatable bonds is 4. The molecule has 0 bridgehead atoms. The van der Waals surface area contributed by atoms with Crippen LogP contribution < -0.4 is 10.1 Å². The molecule has 4 rings (SSSR count). The van der Waals surface area contributed by atoms with Crippen molar-refractivity contribution in [1.29, 1.82) is 0 Å². The van der Waals surface area contributed by atoms with Gasteiger partial charge in [0.2, 0.25) is 11.8 Å². The summed E-state index contributed by atoms with van der Waals surface area (Å²) in [5.74, 6) is 0.753. The van der Waals surface area contributed by atoms with E-state index in [1.165, 1.54) is 0 Å². The molecule has 0 unspecified atom stereocenters. The summed E-state index contributed by atoms with van der Waals surface area (Å²) in [5, 5.41) is 12.4. The number of aryl methyl sites for hydroxylation is 2. The molecule has 0 aromatic carbocycles. The first kappa shape index (κ1) is 15.6. The summed E-state index contributed by atoms with van der Waals surface area (Å²) < 4.78 is 9.64. The molecule has 2 atom stereocenters. The summed E-state index contributed by atoms with van der Waals surface area (Å²) in [5.41, 5.74) is 2.49. The Bertz CT molecular complexity index is 944. The van der Waals surface area contributed by atoms with E-state index in [1.807, 2.05) is 39.5 Å². The predicted molar refractivity (Wildman–Crippen MR) is 91.9 cm³/mol. The number of nitrogens with one attached hydrogen (secondary N) is 1. The van der Waals surface area contributed by atoms with Crippen LogP contribution in [-0.4, -0.2) is 43.1 Å². The lowest BCUT2D eigenvalue weighted by Gasteiger charge is -2.19. The van der Waals surface area contributed by atoms with Crippen LogP contribution in [0.15, 0.2) is 24.7 Å². The molecule has 25 heavy (non-hydrogen) atoms. The van der Waals surface area contributed by atoms with Gasteiger partial charge in [0.15, 0.2) is 0 Å². The van der Waals surface area contributed by atoms with Crippen molar-refractivity contribution in [2.24, 2.45) is 20.0 Å². The number of carbonyl (C=O) groups is 1. The summed E-state index contributed by atoms with van der Waals surface area (Å²) in [7, 11) is 3.74.